The number of rotatable bonds is 5. The maximum Gasteiger partial charge on any atom is 0.226 e. The summed E-state index contributed by atoms with van der Waals surface area (Å²) < 4.78 is 5.30. The maximum atomic E-state index is 12.2. The van der Waals surface area contributed by atoms with Gasteiger partial charge in [0.25, 0.3) is 0 Å². The summed E-state index contributed by atoms with van der Waals surface area (Å²) in [5.74, 6) is 0.658. The van der Waals surface area contributed by atoms with E-state index in [4.69, 9.17) is 4.42 Å². The fraction of sp³-hybridized carbons (Fsp3) is 0.111. The average molecular weight is 337 g/mol. The number of benzene rings is 1. The number of nitrogens with zero attached hydrogens (tertiary/aromatic N) is 1. The molecule has 3 heterocycles. The van der Waals surface area contributed by atoms with Crippen LogP contribution in [0.4, 0.5) is 5.13 Å². The number of carbonyl (C=O) groups is 1. The quantitative estimate of drug-likeness (QED) is 0.565. The summed E-state index contributed by atoms with van der Waals surface area (Å²) in [6, 6.07) is 11.8. The van der Waals surface area contributed by atoms with Gasteiger partial charge in [-0.2, -0.15) is 0 Å². The van der Waals surface area contributed by atoms with E-state index >= 15 is 0 Å². The van der Waals surface area contributed by atoms with Crippen LogP contribution in [0.3, 0.4) is 0 Å². The first-order valence-corrected chi connectivity index (χ1v) is 8.52. The fourth-order valence-corrected chi connectivity index (χ4v) is 3.35. The molecule has 5 nitrogen and oxygen atoms in total. The van der Waals surface area contributed by atoms with E-state index in [1.165, 1.54) is 16.7 Å². The van der Waals surface area contributed by atoms with Gasteiger partial charge in [0.1, 0.15) is 5.69 Å². The van der Waals surface area contributed by atoms with Gasteiger partial charge in [-0.15, -0.1) is 11.3 Å². The summed E-state index contributed by atoms with van der Waals surface area (Å²) in [7, 11) is 0. The largest absolute Gasteiger partial charge is 0.463 e. The van der Waals surface area contributed by atoms with Crippen LogP contribution in [0.5, 0.6) is 0 Å². The van der Waals surface area contributed by atoms with Crippen LogP contribution >= 0.6 is 11.3 Å². The first kappa shape index (κ1) is 14.7. The number of thiazole rings is 1. The molecule has 0 spiro atoms. The molecule has 0 atom stereocenters. The Morgan fingerprint density at radius 3 is 3.04 bits per heavy atom. The Morgan fingerprint density at radius 2 is 2.17 bits per heavy atom. The number of aryl methyl sites for hydroxylation is 1. The average Bonchev–Trinajstić information content (AvgIpc) is 3.33. The number of anilines is 1. The Kier molecular flexibility index (Phi) is 3.88. The molecule has 0 bridgehead atoms. The van der Waals surface area contributed by atoms with Crippen molar-refractivity contribution in [2.24, 2.45) is 0 Å². The number of H-pyrrole nitrogens is 1. The molecule has 0 unspecified atom stereocenters. The molecule has 24 heavy (non-hydrogen) atoms. The molecule has 0 aliphatic carbocycles. The Hall–Kier alpha value is -2.86. The van der Waals surface area contributed by atoms with Crippen LogP contribution in [0.25, 0.3) is 22.4 Å². The third kappa shape index (κ3) is 2.96. The predicted molar refractivity (Wildman–Crippen MR) is 95.1 cm³/mol. The van der Waals surface area contributed by atoms with Gasteiger partial charge in [-0.1, -0.05) is 18.2 Å². The second-order valence-corrected chi connectivity index (χ2v) is 6.28. The van der Waals surface area contributed by atoms with E-state index < -0.39 is 0 Å². The molecule has 0 aliphatic rings. The number of aromatic nitrogens is 2. The minimum absolute atomic E-state index is 0.0411. The van der Waals surface area contributed by atoms with Crippen molar-refractivity contribution in [3.8, 4) is 11.5 Å². The molecule has 120 valence electrons. The van der Waals surface area contributed by atoms with Crippen molar-refractivity contribution < 1.29 is 9.21 Å². The Labute approximate surface area is 142 Å². The lowest BCUT2D eigenvalue weighted by Crippen LogP contribution is -2.12. The number of hydrogen-bond acceptors (Lipinski definition) is 4. The topological polar surface area (TPSA) is 70.9 Å². The van der Waals surface area contributed by atoms with Gasteiger partial charge in [0.05, 0.1) is 6.26 Å². The summed E-state index contributed by atoms with van der Waals surface area (Å²) in [6.45, 7) is 0. The monoisotopic (exact) mass is 337 g/mol. The zero-order valence-corrected chi connectivity index (χ0v) is 13.6. The molecule has 0 radical (unpaired) electrons. The van der Waals surface area contributed by atoms with Crippen LogP contribution < -0.4 is 5.32 Å². The standard InChI is InChI=1S/C18H15N3O2S/c22-17(8-7-12-10-19-14-5-2-1-4-13(12)14)21-18-20-15(11-24-18)16-6-3-9-23-16/h1-6,9-11,19H,7-8H2,(H,20,21,22). The van der Waals surface area contributed by atoms with Crippen molar-refractivity contribution in [1.29, 1.82) is 0 Å². The first-order valence-electron chi connectivity index (χ1n) is 7.64. The third-order valence-corrected chi connectivity index (χ3v) is 4.58. The highest BCUT2D eigenvalue weighted by Gasteiger charge is 2.11. The van der Waals surface area contributed by atoms with Gasteiger partial charge in [0.15, 0.2) is 10.9 Å². The number of aromatic amines is 1. The molecule has 0 aliphatic heterocycles. The molecule has 4 aromatic rings. The lowest BCUT2D eigenvalue weighted by atomic mass is 10.1. The van der Waals surface area contributed by atoms with E-state index in [9.17, 15) is 4.79 Å². The molecule has 4 rings (SSSR count). The van der Waals surface area contributed by atoms with E-state index in [0.717, 1.165) is 16.8 Å². The van der Waals surface area contributed by atoms with E-state index in [0.29, 0.717) is 23.7 Å². The smallest absolute Gasteiger partial charge is 0.226 e. The SMILES string of the molecule is O=C(CCc1c[nH]c2ccccc12)Nc1nc(-c2ccco2)cs1. The minimum Gasteiger partial charge on any atom is -0.463 e. The number of furan rings is 1. The molecular formula is C18H15N3O2S. The summed E-state index contributed by atoms with van der Waals surface area (Å²) in [5.41, 5.74) is 2.98. The molecule has 0 saturated carbocycles. The molecular weight excluding hydrogens is 322 g/mol. The zero-order valence-electron chi connectivity index (χ0n) is 12.8. The van der Waals surface area contributed by atoms with Crippen molar-refractivity contribution in [3.63, 3.8) is 0 Å². The van der Waals surface area contributed by atoms with Crippen LogP contribution in [-0.2, 0) is 11.2 Å². The molecule has 0 fully saturated rings. The first-order chi connectivity index (χ1) is 11.8. The summed E-state index contributed by atoms with van der Waals surface area (Å²) in [4.78, 5) is 19.8. The van der Waals surface area contributed by atoms with Gasteiger partial charge >= 0.3 is 0 Å². The molecule has 6 heteroatoms. The van der Waals surface area contributed by atoms with Crippen molar-refractivity contribution in [3.05, 3.63) is 59.8 Å². The molecule has 3 aromatic heterocycles. The van der Waals surface area contributed by atoms with Gasteiger partial charge in [-0.3, -0.25) is 4.79 Å². The minimum atomic E-state index is -0.0411. The van der Waals surface area contributed by atoms with Crippen molar-refractivity contribution >= 4 is 33.3 Å². The number of nitrogens with one attached hydrogen (secondary N) is 2. The number of amides is 1. The number of para-hydroxylation sites is 1. The van der Waals surface area contributed by atoms with Gasteiger partial charge < -0.3 is 14.7 Å². The second-order valence-electron chi connectivity index (χ2n) is 5.42. The lowest BCUT2D eigenvalue weighted by Gasteiger charge is -2.01. The molecule has 1 aromatic carbocycles. The molecule has 2 N–H and O–H groups in total. The highest BCUT2D eigenvalue weighted by molar-refractivity contribution is 7.14. The molecule has 1 amide bonds. The lowest BCUT2D eigenvalue weighted by molar-refractivity contribution is -0.116. The van der Waals surface area contributed by atoms with Crippen molar-refractivity contribution in [1.82, 2.24) is 9.97 Å². The second kappa shape index (κ2) is 6.33. The van der Waals surface area contributed by atoms with Gasteiger partial charge in [0, 0.05) is 28.9 Å². The Bertz CT molecular complexity index is 969. The number of hydrogen-bond donors (Lipinski definition) is 2. The highest BCUT2D eigenvalue weighted by Crippen LogP contribution is 2.25. The Balaban J connectivity index is 1.38. The van der Waals surface area contributed by atoms with Gasteiger partial charge in [-0.05, 0) is 30.2 Å². The third-order valence-electron chi connectivity index (χ3n) is 3.82. The van der Waals surface area contributed by atoms with Gasteiger partial charge in [-0.25, -0.2) is 4.98 Å². The highest BCUT2D eigenvalue weighted by atomic mass is 32.1. The summed E-state index contributed by atoms with van der Waals surface area (Å²) in [6.07, 6.45) is 4.67. The van der Waals surface area contributed by atoms with E-state index in [2.05, 4.69) is 21.4 Å². The predicted octanol–water partition coefficient (Wildman–Crippen LogP) is 4.46. The van der Waals surface area contributed by atoms with Gasteiger partial charge in [0.2, 0.25) is 5.91 Å². The summed E-state index contributed by atoms with van der Waals surface area (Å²) >= 11 is 1.39. The van der Waals surface area contributed by atoms with Crippen molar-refractivity contribution in [2.75, 3.05) is 5.32 Å². The number of carbonyl (C=O) groups excluding carboxylic acids is 1. The Morgan fingerprint density at radius 1 is 1.25 bits per heavy atom. The van der Waals surface area contributed by atoms with Crippen molar-refractivity contribution in [2.45, 2.75) is 12.8 Å². The van der Waals surface area contributed by atoms with Crippen LogP contribution in [0.1, 0.15) is 12.0 Å². The normalized spacial score (nSPS) is 11.0. The van der Waals surface area contributed by atoms with E-state index in [-0.39, 0.29) is 5.91 Å². The van der Waals surface area contributed by atoms with Crippen LogP contribution in [0.15, 0.2) is 58.7 Å². The van der Waals surface area contributed by atoms with Crippen LogP contribution in [-0.4, -0.2) is 15.9 Å². The number of fused-ring (bicyclic) bond motifs is 1. The fourth-order valence-electron chi connectivity index (χ4n) is 2.64. The molecule has 0 saturated heterocycles. The van der Waals surface area contributed by atoms with Crippen LogP contribution in [0, 0.1) is 0 Å². The van der Waals surface area contributed by atoms with E-state index in [1.807, 2.05) is 41.9 Å². The summed E-state index contributed by atoms with van der Waals surface area (Å²) in [5, 5.41) is 6.48. The zero-order chi connectivity index (χ0) is 16.4. The van der Waals surface area contributed by atoms with E-state index in [1.54, 1.807) is 6.26 Å². The maximum absolute atomic E-state index is 12.2. The van der Waals surface area contributed by atoms with Crippen LogP contribution in [0.2, 0.25) is 0 Å².